The van der Waals surface area contributed by atoms with E-state index in [0.29, 0.717) is 6.54 Å². The molecule has 0 unspecified atom stereocenters. The summed E-state index contributed by atoms with van der Waals surface area (Å²) in [6.07, 6.45) is 0.593. The topological polar surface area (TPSA) is 109 Å². The van der Waals surface area contributed by atoms with Crippen LogP contribution in [0.1, 0.15) is 12.8 Å². The Labute approximate surface area is 155 Å². The smallest absolute Gasteiger partial charge is 0.407 e. The monoisotopic (exact) mass is 378 g/mol. The average Bonchev–Trinajstić information content (AvgIpc) is 3.04. The number of primary amides is 1. The molecule has 2 heterocycles. The molecule has 0 radical (unpaired) electrons. The van der Waals surface area contributed by atoms with Crippen LogP contribution in [0.15, 0.2) is 18.2 Å². The summed E-state index contributed by atoms with van der Waals surface area (Å²) >= 11 is 1.63. The second-order valence-corrected chi connectivity index (χ2v) is 7.40. The van der Waals surface area contributed by atoms with Gasteiger partial charge in [0, 0.05) is 19.6 Å². The first-order chi connectivity index (χ1) is 12.5. The number of thiazole rings is 1. The maximum atomic E-state index is 11.2. The predicted octanol–water partition coefficient (Wildman–Crippen LogP) is 1.99. The molecule has 9 heteroatoms. The molecule has 8 nitrogen and oxygen atoms in total. The van der Waals surface area contributed by atoms with E-state index in [1.165, 1.54) is 0 Å². The van der Waals surface area contributed by atoms with Gasteiger partial charge in [0.2, 0.25) is 5.91 Å². The van der Waals surface area contributed by atoms with Crippen LogP contribution in [0.5, 0.6) is 5.75 Å². The van der Waals surface area contributed by atoms with Crippen molar-refractivity contribution in [1.82, 2.24) is 9.88 Å². The van der Waals surface area contributed by atoms with Gasteiger partial charge in [-0.25, -0.2) is 9.78 Å². The van der Waals surface area contributed by atoms with Gasteiger partial charge in [0.05, 0.1) is 17.3 Å². The molecule has 2 aromatic rings. The number of amides is 2. The summed E-state index contributed by atoms with van der Waals surface area (Å²) in [7, 11) is 1.65. The third-order valence-electron chi connectivity index (χ3n) is 4.57. The molecule has 0 atom stereocenters. The number of methoxy groups -OCH3 is 1. The van der Waals surface area contributed by atoms with Gasteiger partial charge in [0.15, 0.2) is 5.13 Å². The fourth-order valence-electron chi connectivity index (χ4n) is 3.17. The van der Waals surface area contributed by atoms with Crippen LogP contribution in [0.25, 0.3) is 10.2 Å². The molecule has 1 aliphatic heterocycles. The Morgan fingerprint density at radius 2 is 2.15 bits per heavy atom. The molecule has 26 heavy (non-hydrogen) atoms. The van der Waals surface area contributed by atoms with Crippen molar-refractivity contribution in [3.05, 3.63) is 18.2 Å². The van der Waals surface area contributed by atoms with Crippen molar-refractivity contribution < 1.29 is 19.4 Å². The van der Waals surface area contributed by atoms with E-state index in [2.05, 4.69) is 9.88 Å². The lowest BCUT2D eigenvalue weighted by Gasteiger charge is -2.33. The van der Waals surface area contributed by atoms with Crippen molar-refractivity contribution >= 4 is 38.7 Å². The number of carbonyl (C=O) groups excluding carboxylic acids is 1. The van der Waals surface area contributed by atoms with Crippen molar-refractivity contribution in [2.75, 3.05) is 38.2 Å². The number of benzene rings is 1. The summed E-state index contributed by atoms with van der Waals surface area (Å²) in [6, 6.07) is 5.84. The maximum absolute atomic E-state index is 11.2. The normalized spacial score (nSPS) is 15.2. The molecule has 1 aliphatic rings. The number of carbonyl (C=O) groups is 2. The number of rotatable bonds is 6. The third-order valence-corrected chi connectivity index (χ3v) is 5.64. The number of nitrogens with two attached hydrogens (primary N) is 1. The lowest BCUT2D eigenvalue weighted by molar-refractivity contribution is -0.119. The number of anilines is 1. The number of hydrogen-bond acceptors (Lipinski definition) is 6. The minimum atomic E-state index is -1.11. The van der Waals surface area contributed by atoms with Crippen LogP contribution >= 0.6 is 11.3 Å². The van der Waals surface area contributed by atoms with Crippen LogP contribution in [-0.2, 0) is 4.79 Å². The summed E-state index contributed by atoms with van der Waals surface area (Å²) in [4.78, 5) is 30.3. The van der Waals surface area contributed by atoms with Crippen molar-refractivity contribution in [3.8, 4) is 5.75 Å². The molecule has 1 saturated heterocycles. The van der Waals surface area contributed by atoms with Crippen LogP contribution in [0.4, 0.5) is 9.93 Å². The molecule has 0 saturated carbocycles. The van der Waals surface area contributed by atoms with Crippen molar-refractivity contribution in [1.29, 1.82) is 0 Å². The van der Waals surface area contributed by atoms with Crippen LogP contribution in [-0.4, -0.2) is 60.3 Å². The molecule has 3 rings (SSSR count). The number of nitrogens with zero attached hydrogens (tertiary/aromatic N) is 3. The minimum absolute atomic E-state index is 0.219. The molecule has 2 amide bonds. The lowest BCUT2D eigenvalue weighted by Crippen LogP contribution is -2.43. The Morgan fingerprint density at radius 1 is 1.42 bits per heavy atom. The van der Waals surface area contributed by atoms with Crippen LogP contribution in [0.2, 0.25) is 0 Å². The molecule has 1 fully saturated rings. The van der Waals surface area contributed by atoms with Gasteiger partial charge < -0.3 is 20.5 Å². The van der Waals surface area contributed by atoms with E-state index in [9.17, 15) is 14.7 Å². The van der Waals surface area contributed by atoms with E-state index in [-0.39, 0.29) is 12.5 Å². The van der Waals surface area contributed by atoms with Gasteiger partial charge >= 0.3 is 6.09 Å². The van der Waals surface area contributed by atoms with Crippen molar-refractivity contribution in [2.24, 2.45) is 11.7 Å². The Balaban J connectivity index is 1.61. The van der Waals surface area contributed by atoms with E-state index in [4.69, 9.17) is 10.5 Å². The zero-order valence-corrected chi connectivity index (χ0v) is 15.4. The third kappa shape index (κ3) is 4.16. The molecule has 1 aromatic carbocycles. The molecule has 140 valence electrons. The maximum Gasteiger partial charge on any atom is 0.407 e. The van der Waals surface area contributed by atoms with Crippen molar-refractivity contribution in [3.63, 3.8) is 0 Å². The van der Waals surface area contributed by atoms with Crippen LogP contribution in [0, 0.1) is 5.92 Å². The number of hydrogen-bond donors (Lipinski definition) is 2. The zero-order chi connectivity index (χ0) is 18.7. The fourth-order valence-corrected chi connectivity index (χ4v) is 4.22. The van der Waals surface area contributed by atoms with E-state index in [1.54, 1.807) is 18.4 Å². The number of fused-ring (bicyclic) bond motifs is 1. The van der Waals surface area contributed by atoms with E-state index >= 15 is 0 Å². The largest absolute Gasteiger partial charge is 0.497 e. The minimum Gasteiger partial charge on any atom is -0.497 e. The Bertz CT molecular complexity index is 801. The summed E-state index contributed by atoms with van der Waals surface area (Å²) in [5.74, 6) is 0.403. The standard InChI is InChI=1S/C17H22N4O4S/c1-25-12-2-3-13-14(8-12)26-16(19-13)20-6-4-11(5-7-20)9-21(17(23)24)10-15(18)22/h2-3,8,11H,4-7,9-10H2,1H3,(H2,18,22)(H,23,24). The SMILES string of the molecule is COc1ccc2nc(N3CCC(CN(CC(N)=O)C(=O)O)CC3)sc2c1. The highest BCUT2D eigenvalue weighted by molar-refractivity contribution is 7.22. The first-order valence-corrected chi connectivity index (χ1v) is 9.23. The highest BCUT2D eigenvalue weighted by Crippen LogP contribution is 2.33. The first-order valence-electron chi connectivity index (χ1n) is 8.42. The first kappa shape index (κ1) is 18.2. The second-order valence-electron chi connectivity index (χ2n) is 6.39. The van der Waals surface area contributed by atoms with Crippen LogP contribution < -0.4 is 15.4 Å². The highest BCUT2D eigenvalue weighted by Gasteiger charge is 2.25. The summed E-state index contributed by atoms with van der Waals surface area (Å²) < 4.78 is 6.34. The van der Waals surface area contributed by atoms with E-state index in [1.807, 2.05) is 18.2 Å². The van der Waals surface area contributed by atoms with Crippen LogP contribution in [0.3, 0.4) is 0 Å². The Morgan fingerprint density at radius 3 is 2.77 bits per heavy atom. The van der Waals surface area contributed by atoms with Gasteiger partial charge in [-0.3, -0.25) is 9.69 Å². The lowest BCUT2D eigenvalue weighted by atomic mass is 9.96. The van der Waals surface area contributed by atoms with Gasteiger partial charge in [-0.2, -0.15) is 0 Å². The average molecular weight is 378 g/mol. The number of ether oxygens (including phenoxy) is 1. The molecule has 3 N–H and O–H groups in total. The molecular formula is C17H22N4O4S. The van der Waals surface area contributed by atoms with Gasteiger partial charge in [0.25, 0.3) is 0 Å². The molecule has 0 bridgehead atoms. The van der Waals surface area contributed by atoms with Gasteiger partial charge in [-0.15, -0.1) is 0 Å². The van der Waals surface area contributed by atoms with E-state index in [0.717, 1.165) is 51.9 Å². The summed E-state index contributed by atoms with van der Waals surface area (Å²) in [5.41, 5.74) is 6.07. The molecule has 1 aromatic heterocycles. The molecule has 0 aliphatic carbocycles. The Kier molecular flexibility index (Phi) is 5.46. The summed E-state index contributed by atoms with van der Waals surface area (Å²) in [5, 5.41) is 10.2. The molecular weight excluding hydrogens is 356 g/mol. The number of piperidine rings is 1. The highest BCUT2D eigenvalue weighted by atomic mass is 32.1. The van der Waals surface area contributed by atoms with Gasteiger partial charge in [0.1, 0.15) is 12.3 Å². The summed E-state index contributed by atoms with van der Waals surface area (Å²) in [6.45, 7) is 1.70. The predicted molar refractivity (Wildman–Crippen MR) is 99.9 cm³/mol. The van der Waals surface area contributed by atoms with E-state index < -0.39 is 12.0 Å². The number of carboxylic acid groups (broad SMARTS) is 1. The van der Waals surface area contributed by atoms with Gasteiger partial charge in [-0.1, -0.05) is 11.3 Å². The van der Waals surface area contributed by atoms with Crippen molar-refractivity contribution in [2.45, 2.75) is 12.8 Å². The quantitative estimate of drug-likeness (QED) is 0.796. The molecule has 0 spiro atoms. The Hall–Kier alpha value is -2.55. The second kappa shape index (κ2) is 7.77. The fraction of sp³-hybridized carbons (Fsp3) is 0.471. The number of aromatic nitrogens is 1. The zero-order valence-electron chi connectivity index (χ0n) is 14.6. The van der Waals surface area contributed by atoms with Gasteiger partial charge in [-0.05, 0) is 37.0 Å².